The first-order valence-corrected chi connectivity index (χ1v) is 14.1. The highest BCUT2D eigenvalue weighted by molar-refractivity contribution is 5.71. The first-order chi connectivity index (χ1) is 16.2. The van der Waals surface area contributed by atoms with E-state index in [9.17, 15) is 0 Å². The lowest BCUT2D eigenvalue weighted by molar-refractivity contribution is 0.302. The van der Waals surface area contributed by atoms with E-state index in [4.69, 9.17) is 0 Å². The average Bonchev–Trinajstić information content (AvgIpc) is 2.87. The van der Waals surface area contributed by atoms with Crippen molar-refractivity contribution in [2.45, 2.75) is 110 Å². The molecule has 2 aromatic rings. The zero-order valence-corrected chi connectivity index (χ0v) is 21.3. The lowest BCUT2D eigenvalue weighted by atomic mass is 9.77. The van der Waals surface area contributed by atoms with Crippen LogP contribution < -0.4 is 0 Å². The van der Waals surface area contributed by atoms with Crippen LogP contribution in [0, 0.1) is 11.8 Å². The molecule has 0 radical (unpaired) electrons. The Labute approximate surface area is 203 Å². The van der Waals surface area contributed by atoms with E-state index < -0.39 is 0 Å². The van der Waals surface area contributed by atoms with E-state index in [-0.39, 0.29) is 0 Å². The molecule has 1 fully saturated rings. The summed E-state index contributed by atoms with van der Waals surface area (Å²) in [5.41, 5.74) is 7.22. The van der Waals surface area contributed by atoms with Gasteiger partial charge in [0, 0.05) is 0 Å². The first kappa shape index (κ1) is 24.3. The van der Waals surface area contributed by atoms with Crippen LogP contribution in [0.4, 0.5) is 0 Å². The fraction of sp³-hybridized carbons (Fsp3) is 0.576. The van der Waals surface area contributed by atoms with Gasteiger partial charge in [-0.05, 0) is 90.5 Å². The predicted octanol–water partition coefficient (Wildman–Crippen LogP) is 10.6. The lowest BCUT2D eigenvalue weighted by Gasteiger charge is -2.29. The molecule has 1 saturated carbocycles. The summed E-state index contributed by atoms with van der Waals surface area (Å²) >= 11 is 0. The molecule has 0 heterocycles. The zero-order chi connectivity index (χ0) is 22.9. The second kappa shape index (κ2) is 12.6. The van der Waals surface area contributed by atoms with E-state index in [0.717, 1.165) is 17.8 Å². The molecule has 1 unspecified atom stereocenters. The standard InChI is InChI=1S/C33H46/c1-3-4-5-6-7-8-9-27-12-16-29(17-13-27)31-20-24-33(25-21-31)32-22-18-30(19-23-32)28-14-10-26(2)11-15-28/h14,18-27,29H,3-13,15-17H2,1-2H3. The number of rotatable bonds is 10. The molecule has 0 aliphatic heterocycles. The smallest absolute Gasteiger partial charge is 0.0162 e. The molecule has 0 heteroatoms. The van der Waals surface area contributed by atoms with Gasteiger partial charge in [0.05, 0.1) is 0 Å². The first-order valence-electron chi connectivity index (χ1n) is 14.1. The normalized spacial score (nSPS) is 23.3. The van der Waals surface area contributed by atoms with Crippen LogP contribution in [0.1, 0.15) is 121 Å². The summed E-state index contributed by atoms with van der Waals surface area (Å²) < 4.78 is 0. The molecule has 0 saturated heterocycles. The number of hydrogen-bond donors (Lipinski definition) is 0. The van der Waals surface area contributed by atoms with Crippen LogP contribution in [0.3, 0.4) is 0 Å². The molecule has 1 atom stereocenters. The van der Waals surface area contributed by atoms with Gasteiger partial charge in [-0.3, -0.25) is 0 Å². The van der Waals surface area contributed by atoms with Gasteiger partial charge in [0.2, 0.25) is 0 Å². The molecular weight excluding hydrogens is 396 g/mol. The molecular formula is C33H46. The third-order valence-corrected chi connectivity index (χ3v) is 8.46. The van der Waals surface area contributed by atoms with Crippen molar-refractivity contribution in [3.63, 3.8) is 0 Å². The van der Waals surface area contributed by atoms with Crippen molar-refractivity contribution < 1.29 is 0 Å². The molecule has 2 aromatic carbocycles. The van der Waals surface area contributed by atoms with E-state index in [1.165, 1.54) is 107 Å². The predicted molar refractivity (Wildman–Crippen MR) is 146 cm³/mol. The summed E-state index contributed by atoms with van der Waals surface area (Å²) in [7, 11) is 0. The van der Waals surface area contributed by atoms with Crippen LogP contribution in [-0.4, -0.2) is 0 Å². The van der Waals surface area contributed by atoms with E-state index in [2.05, 4.69) is 68.5 Å². The molecule has 0 spiro atoms. The molecule has 4 rings (SSSR count). The Balaban J connectivity index is 1.24. The van der Waals surface area contributed by atoms with E-state index in [1.54, 1.807) is 11.1 Å². The highest BCUT2D eigenvalue weighted by Gasteiger charge is 2.22. The van der Waals surface area contributed by atoms with E-state index in [1.807, 2.05) is 0 Å². The average molecular weight is 443 g/mol. The maximum atomic E-state index is 2.46. The van der Waals surface area contributed by atoms with Crippen molar-refractivity contribution in [3.8, 4) is 11.1 Å². The monoisotopic (exact) mass is 442 g/mol. The Morgan fingerprint density at radius 3 is 1.91 bits per heavy atom. The molecule has 33 heavy (non-hydrogen) atoms. The van der Waals surface area contributed by atoms with Crippen molar-refractivity contribution in [3.05, 3.63) is 65.7 Å². The van der Waals surface area contributed by atoms with Gasteiger partial charge in [-0.2, -0.15) is 0 Å². The van der Waals surface area contributed by atoms with Crippen LogP contribution >= 0.6 is 0 Å². The Bertz CT molecular complexity index is 846. The van der Waals surface area contributed by atoms with E-state index >= 15 is 0 Å². The van der Waals surface area contributed by atoms with Crippen molar-refractivity contribution in [1.82, 2.24) is 0 Å². The Morgan fingerprint density at radius 2 is 1.27 bits per heavy atom. The fourth-order valence-corrected chi connectivity index (χ4v) is 6.05. The molecule has 2 aliphatic rings. The topological polar surface area (TPSA) is 0 Å². The third-order valence-electron chi connectivity index (χ3n) is 8.46. The maximum Gasteiger partial charge on any atom is -0.0162 e. The Hall–Kier alpha value is -1.82. The summed E-state index contributed by atoms with van der Waals surface area (Å²) in [5, 5.41) is 0. The quantitative estimate of drug-likeness (QED) is 0.321. The Morgan fingerprint density at radius 1 is 0.667 bits per heavy atom. The molecule has 0 N–H and O–H groups in total. The summed E-state index contributed by atoms with van der Waals surface area (Å²) in [6.07, 6.45) is 22.0. The van der Waals surface area contributed by atoms with Crippen LogP contribution in [-0.2, 0) is 0 Å². The van der Waals surface area contributed by atoms with Gasteiger partial charge in [0.1, 0.15) is 0 Å². The van der Waals surface area contributed by atoms with Gasteiger partial charge in [-0.25, -0.2) is 0 Å². The van der Waals surface area contributed by atoms with Gasteiger partial charge in [-0.15, -0.1) is 0 Å². The minimum Gasteiger partial charge on any atom is -0.0805 e. The number of benzene rings is 2. The molecule has 0 nitrogen and oxygen atoms in total. The van der Waals surface area contributed by atoms with Crippen LogP contribution in [0.5, 0.6) is 0 Å². The van der Waals surface area contributed by atoms with Crippen LogP contribution in [0.25, 0.3) is 16.7 Å². The second-order valence-electron chi connectivity index (χ2n) is 11.1. The van der Waals surface area contributed by atoms with Gasteiger partial charge in [0.15, 0.2) is 0 Å². The lowest BCUT2D eigenvalue weighted by Crippen LogP contribution is -2.13. The van der Waals surface area contributed by atoms with Gasteiger partial charge in [-0.1, -0.05) is 113 Å². The summed E-state index contributed by atoms with van der Waals surface area (Å²) in [6, 6.07) is 18.8. The number of allylic oxidation sites excluding steroid dienone is 2. The molecule has 0 amide bonds. The largest absolute Gasteiger partial charge is 0.0805 e. The van der Waals surface area contributed by atoms with Gasteiger partial charge >= 0.3 is 0 Å². The van der Waals surface area contributed by atoms with E-state index in [0.29, 0.717) is 0 Å². The molecule has 2 aliphatic carbocycles. The van der Waals surface area contributed by atoms with Gasteiger partial charge in [0.25, 0.3) is 0 Å². The van der Waals surface area contributed by atoms with Crippen molar-refractivity contribution >= 4 is 5.57 Å². The van der Waals surface area contributed by atoms with Crippen LogP contribution in [0.2, 0.25) is 0 Å². The molecule has 0 bridgehead atoms. The number of hydrogen-bond acceptors (Lipinski definition) is 0. The highest BCUT2D eigenvalue weighted by atomic mass is 14.3. The molecule has 0 aromatic heterocycles. The minimum absolute atomic E-state index is 0.780. The SMILES string of the molecule is CCCCCCCCC1CCC(c2ccc(-c3ccc(C4=CCC(C)CC4)cc3)cc2)CC1. The number of unbranched alkanes of at least 4 members (excludes halogenated alkanes) is 5. The third kappa shape index (κ3) is 7.08. The molecule has 178 valence electrons. The maximum absolute atomic E-state index is 2.46. The second-order valence-corrected chi connectivity index (χ2v) is 11.1. The summed E-state index contributed by atoms with van der Waals surface area (Å²) in [4.78, 5) is 0. The Kier molecular flexibility index (Phi) is 9.27. The fourth-order valence-electron chi connectivity index (χ4n) is 6.05. The zero-order valence-electron chi connectivity index (χ0n) is 21.3. The van der Waals surface area contributed by atoms with Crippen molar-refractivity contribution in [2.75, 3.05) is 0 Å². The van der Waals surface area contributed by atoms with Gasteiger partial charge < -0.3 is 0 Å². The van der Waals surface area contributed by atoms with Crippen molar-refractivity contribution in [2.24, 2.45) is 11.8 Å². The minimum atomic E-state index is 0.780. The summed E-state index contributed by atoms with van der Waals surface area (Å²) in [6.45, 7) is 4.67. The summed E-state index contributed by atoms with van der Waals surface area (Å²) in [5.74, 6) is 2.62. The van der Waals surface area contributed by atoms with Crippen LogP contribution in [0.15, 0.2) is 54.6 Å². The highest BCUT2D eigenvalue weighted by Crippen LogP contribution is 2.38. The van der Waals surface area contributed by atoms with Crippen molar-refractivity contribution in [1.29, 1.82) is 0 Å².